The van der Waals surface area contributed by atoms with Crippen molar-refractivity contribution in [2.75, 3.05) is 13.1 Å². The molecule has 1 saturated heterocycles. The molecular weight excluding hydrogens is 655 g/mol. The SMILES string of the molecule is O=C(NCc1ccc(S(=O)(=O)N2CCCCC2)cc1)c1cc2cc(-c3ccc4cc(S(=O)(=O)O)cc(SOOO)c4c3)ccc2[nH]1. The van der Waals surface area contributed by atoms with E-state index < -0.39 is 20.1 Å². The first-order chi connectivity index (χ1) is 22.0. The summed E-state index contributed by atoms with van der Waals surface area (Å²) in [5.41, 5.74) is 3.45. The highest BCUT2D eigenvalue weighted by molar-refractivity contribution is 7.94. The van der Waals surface area contributed by atoms with E-state index in [1.165, 1.54) is 16.4 Å². The van der Waals surface area contributed by atoms with Crippen molar-refractivity contribution in [1.82, 2.24) is 14.6 Å². The molecule has 0 saturated carbocycles. The Labute approximate surface area is 269 Å². The van der Waals surface area contributed by atoms with E-state index in [4.69, 9.17) is 5.26 Å². The van der Waals surface area contributed by atoms with Crippen molar-refractivity contribution in [2.24, 2.45) is 0 Å². The molecule has 46 heavy (non-hydrogen) atoms. The van der Waals surface area contributed by atoms with Gasteiger partial charge in [0.2, 0.25) is 10.0 Å². The predicted molar refractivity (Wildman–Crippen MR) is 172 cm³/mol. The fourth-order valence-corrected chi connectivity index (χ4v) is 8.17. The molecule has 0 atom stereocenters. The molecule has 2 heterocycles. The van der Waals surface area contributed by atoms with Gasteiger partial charge in [0.25, 0.3) is 16.0 Å². The van der Waals surface area contributed by atoms with Crippen LogP contribution in [0.3, 0.4) is 0 Å². The summed E-state index contributed by atoms with van der Waals surface area (Å²) >= 11 is 0.578. The number of nitrogens with one attached hydrogen (secondary N) is 2. The van der Waals surface area contributed by atoms with Gasteiger partial charge in [0, 0.05) is 35.4 Å². The summed E-state index contributed by atoms with van der Waals surface area (Å²) in [6.07, 6.45) is 2.77. The average Bonchev–Trinajstić information content (AvgIpc) is 3.50. The molecule has 1 fully saturated rings. The summed E-state index contributed by atoms with van der Waals surface area (Å²) in [6.45, 7) is 1.28. The molecule has 6 rings (SSSR count). The Bertz CT molecular complexity index is 2140. The number of aromatic nitrogens is 1. The van der Waals surface area contributed by atoms with Gasteiger partial charge in [-0.25, -0.2) is 13.7 Å². The number of sulfonamides is 1. The van der Waals surface area contributed by atoms with Gasteiger partial charge >= 0.3 is 0 Å². The van der Waals surface area contributed by atoms with Gasteiger partial charge in [-0.05, 0) is 88.8 Å². The van der Waals surface area contributed by atoms with Crippen LogP contribution >= 0.6 is 12.0 Å². The van der Waals surface area contributed by atoms with Crippen LogP contribution in [0, 0.1) is 0 Å². The van der Waals surface area contributed by atoms with E-state index in [0.29, 0.717) is 41.6 Å². The largest absolute Gasteiger partial charge is 0.351 e. The zero-order chi connectivity index (χ0) is 32.5. The maximum atomic E-state index is 13.0. The molecule has 5 aromatic rings. The number of nitrogens with zero attached hydrogens (tertiary/aromatic N) is 1. The smallest absolute Gasteiger partial charge is 0.294 e. The fraction of sp³-hybridized carbons (Fsp3) is 0.194. The Morgan fingerprint density at radius 2 is 1.57 bits per heavy atom. The minimum absolute atomic E-state index is 0.214. The number of carbonyl (C=O) groups excluding carboxylic acids is 1. The molecular formula is C31H29N3O9S3. The summed E-state index contributed by atoms with van der Waals surface area (Å²) < 4.78 is 64.9. The van der Waals surface area contributed by atoms with Crippen LogP contribution in [0.25, 0.3) is 32.8 Å². The number of fused-ring (bicyclic) bond motifs is 2. The minimum Gasteiger partial charge on any atom is -0.351 e. The van der Waals surface area contributed by atoms with Gasteiger partial charge in [-0.2, -0.15) is 12.7 Å². The van der Waals surface area contributed by atoms with E-state index >= 15 is 0 Å². The third kappa shape index (κ3) is 6.82. The lowest BCUT2D eigenvalue weighted by Gasteiger charge is -2.25. The summed E-state index contributed by atoms with van der Waals surface area (Å²) in [4.78, 5) is 16.3. The van der Waals surface area contributed by atoms with Crippen LogP contribution in [-0.4, -0.2) is 54.9 Å². The third-order valence-electron chi connectivity index (χ3n) is 7.87. The molecule has 0 radical (unpaired) electrons. The molecule has 12 nitrogen and oxygen atoms in total. The molecule has 1 aromatic heterocycles. The molecule has 15 heteroatoms. The lowest BCUT2D eigenvalue weighted by molar-refractivity contribution is -0.432. The number of carbonyl (C=O) groups is 1. The second kappa shape index (κ2) is 13.1. The second-order valence-corrected chi connectivity index (χ2v) is 14.9. The predicted octanol–water partition coefficient (Wildman–Crippen LogP) is 5.77. The lowest BCUT2D eigenvalue weighted by atomic mass is 10.00. The number of piperidine rings is 1. The Kier molecular flexibility index (Phi) is 9.18. The van der Waals surface area contributed by atoms with Crippen molar-refractivity contribution in [2.45, 2.75) is 40.5 Å². The molecule has 1 aliphatic heterocycles. The van der Waals surface area contributed by atoms with Crippen LogP contribution in [0.15, 0.2) is 93.5 Å². The summed E-state index contributed by atoms with van der Waals surface area (Å²) in [5, 5.41) is 17.0. The number of aromatic amines is 1. The Morgan fingerprint density at radius 1 is 0.848 bits per heavy atom. The molecule has 0 spiro atoms. The standard InChI is InChI=1S/C31H29N3O9S3/c35-31(32-19-20-4-9-25(10-5-20)45(37,38)34-12-2-1-3-13-34)29-17-24-14-21(8-11-28(24)33-29)22-6-7-23-15-26(46(39,40)41)18-30(27(23)16-22)44-43-42-36/h4-11,14-18,33,36H,1-3,12-13,19H2,(H,32,35)(H,39,40,41). The number of benzene rings is 4. The molecule has 1 amide bonds. The first-order valence-electron chi connectivity index (χ1n) is 14.2. The van der Waals surface area contributed by atoms with Gasteiger partial charge in [-0.15, -0.1) is 4.33 Å². The van der Waals surface area contributed by atoms with Crippen LogP contribution in [0.4, 0.5) is 0 Å². The molecule has 240 valence electrons. The van der Waals surface area contributed by atoms with Gasteiger partial charge in [0.05, 0.1) is 21.8 Å². The maximum Gasteiger partial charge on any atom is 0.294 e. The number of H-pyrrole nitrogens is 1. The molecule has 1 aliphatic rings. The van der Waals surface area contributed by atoms with Gasteiger partial charge in [0.1, 0.15) is 5.69 Å². The zero-order valence-corrected chi connectivity index (χ0v) is 26.6. The van der Waals surface area contributed by atoms with Crippen LogP contribution in [0.5, 0.6) is 0 Å². The van der Waals surface area contributed by atoms with Crippen molar-refractivity contribution in [3.8, 4) is 11.1 Å². The van der Waals surface area contributed by atoms with Crippen molar-refractivity contribution in [3.05, 3.63) is 90.1 Å². The van der Waals surface area contributed by atoms with Crippen molar-refractivity contribution in [1.29, 1.82) is 0 Å². The summed E-state index contributed by atoms with van der Waals surface area (Å²) in [5.74, 6) is -0.323. The van der Waals surface area contributed by atoms with E-state index in [-0.39, 0.29) is 27.1 Å². The number of amides is 1. The topological polar surface area (TPSA) is 175 Å². The number of hydrogen-bond donors (Lipinski definition) is 4. The van der Waals surface area contributed by atoms with Crippen molar-refractivity contribution in [3.63, 3.8) is 0 Å². The van der Waals surface area contributed by atoms with E-state index in [2.05, 4.69) is 19.7 Å². The molecule has 0 unspecified atom stereocenters. The highest BCUT2D eigenvalue weighted by Crippen LogP contribution is 2.35. The maximum absolute atomic E-state index is 13.0. The van der Waals surface area contributed by atoms with E-state index in [1.807, 2.05) is 18.2 Å². The molecule has 0 aliphatic carbocycles. The van der Waals surface area contributed by atoms with Crippen molar-refractivity contribution < 1.29 is 40.8 Å². The van der Waals surface area contributed by atoms with E-state index in [9.17, 15) is 26.2 Å². The molecule has 4 aromatic carbocycles. The summed E-state index contributed by atoms with van der Waals surface area (Å²) in [7, 11) is -8.02. The normalized spacial score (nSPS) is 14.6. The zero-order valence-electron chi connectivity index (χ0n) is 24.2. The van der Waals surface area contributed by atoms with Crippen LogP contribution < -0.4 is 5.32 Å². The van der Waals surface area contributed by atoms with Gasteiger partial charge < -0.3 is 10.3 Å². The van der Waals surface area contributed by atoms with Crippen LogP contribution in [0.2, 0.25) is 0 Å². The Balaban J connectivity index is 1.18. The van der Waals surface area contributed by atoms with Crippen molar-refractivity contribution >= 4 is 59.8 Å². The lowest BCUT2D eigenvalue weighted by Crippen LogP contribution is -2.35. The van der Waals surface area contributed by atoms with Gasteiger partial charge in [-0.3, -0.25) is 9.35 Å². The van der Waals surface area contributed by atoms with Gasteiger partial charge in [0.15, 0.2) is 0 Å². The van der Waals surface area contributed by atoms with Crippen LogP contribution in [-0.2, 0) is 36.1 Å². The molecule has 0 bridgehead atoms. The number of rotatable bonds is 10. The quantitative estimate of drug-likeness (QED) is 0.0612. The first kappa shape index (κ1) is 32.2. The van der Waals surface area contributed by atoms with E-state index in [0.717, 1.165) is 46.9 Å². The number of hydrogen-bond acceptors (Lipinski definition) is 9. The Morgan fingerprint density at radius 3 is 2.28 bits per heavy atom. The Hall–Kier alpha value is -3.80. The second-order valence-electron chi connectivity index (χ2n) is 10.8. The highest BCUT2D eigenvalue weighted by Gasteiger charge is 2.25. The van der Waals surface area contributed by atoms with Gasteiger partial charge in [-0.1, -0.05) is 41.8 Å². The fourth-order valence-electron chi connectivity index (χ4n) is 5.49. The average molecular weight is 684 g/mol. The summed E-state index contributed by atoms with van der Waals surface area (Å²) in [6, 6.07) is 21.7. The monoisotopic (exact) mass is 683 g/mol. The minimum atomic E-state index is -4.50. The molecule has 4 N–H and O–H groups in total. The highest BCUT2D eigenvalue weighted by atomic mass is 32.2. The van der Waals surface area contributed by atoms with Crippen LogP contribution in [0.1, 0.15) is 35.3 Å². The third-order valence-corrected chi connectivity index (χ3v) is 11.3. The first-order valence-corrected chi connectivity index (χ1v) is 17.9. The van der Waals surface area contributed by atoms with E-state index in [1.54, 1.807) is 48.5 Å².